The van der Waals surface area contributed by atoms with Gasteiger partial charge in [-0.3, -0.25) is 0 Å². The van der Waals surface area contributed by atoms with E-state index >= 15 is 0 Å². The van der Waals surface area contributed by atoms with E-state index in [1.165, 1.54) is 0 Å². The van der Waals surface area contributed by atoms with Gasteiger partial charge < -0.3 is 25.4 Å². The largest absolute Gasteiger partial charge is 0.479 e. The lowest BCUT2D eigenvalue weighted by Crippen LogP contribution is -2.20. The van der Waals surface area contributed by atoms with Gasteiger partial charge in [0.1, 0.15) is 5.82 Å². The van der Waals surface area contributed by atoms with E-state index in [0.29, 0.717) is 24.7 Å². The molecule has 1 heterocycles. The van der Waals surface area contributed by atoms with Crippen LogP contribution in [0, 0.1) is 0 Å². The molecule has 1 rings (SSSR count). The molecule has 0 saturated carbocycles. The van der Waals surface area contributed by atoms with Crippen molar-refractivity contribution >= 4 is 11.5 Å². The molecule has 0 aliphatic carbocycles. The predicted molar refractivity (Wildman–Crippen MR) is 73.1 cm³/mol. The van der Waals surface area contributed by atoms with Crippen LogP contribution in [0.25, 0.3) is 0 Å². The third kappa shape index (κ3) is 5.20. The van der Waals surface area contributed by atoms with Gasteiger partial charge >= 0.3 is 0 Å². The summed E-state index contributed by atoms with van der Waals surface area (Å²) in [7, 11) is 5.59. The Labute approximate surface area is 108 Å². The lowest BCUT2D eigenvalue weighted by Gasteiger charge is -2.11. The van der Waals surface area contributed by atoms with Crippen LogP contribution in [0.3, 0.4) is 0 Å². The van der Waals surface area contributed by atoms with Crippen molar-refractivity contribution in [1.82, 2.24) is 9.88 Å². The summed E-state index contributed by atoms with van der Waals surface area (Å²) in [6.45, 7) is 3.00. The summed E-state index contributed by atoms with van der Waals surface area (Å²) < 4.78 is 10.5. The van der Waals surface area contributed by atoms with Crippen molar-refractivity contribution < 1.29 is 9.47 Å². The van der Waals surface area contributed by atoms with E-state index in [4.69, 9.17) is 15.2 Å². The zero-order valence-corrected chi connectivity index (χ0v) is 11.3. The van der Waals surface area contributed by atoms with E-state index in [2.05, 4.69) is 15.2 Å². The van der Waals surface area contributed by atoms with E-state index in [9.17, 15) is 0 Å². The van der Waals surface area contributed by atoms with E-state index < -0.39 is 0 Å². The topological polar surface area (TPSA) is 72.6 Å². The molecule has 0 saturated heterocycles. The van der Waals surface area contributed by atoms with Gasteiger partial charge in [0.25, 0.3) is 0 Å². The number of ether oxygens (including phenoxy) is 2. The SMILES string of the molecule is COc1nc(NCCOCCN(C)C)ccc1N. The van der Waals surface area contributed by atoms with Crippen molar-refractivity contribution in [1.29, 1.82) is 0 Å². The number of nitrogens with one attached hydrogen (secondary N) is 1. The third-order valence-electron chi connectivity index (χ3n) is 2.32. The molecule has 0 spiro atoms. The Hall–Kier alpha value is -1.53. The van der Waals surface area contributed by atoms with E-state index in [1.54, 1.807) is 13.2 Å². The minimum absolute atomic E-state index is 0.438. The Bertz CT molecular complexity index is 358. The van der Waals surface area contributed by atoms with Gasteiger partial charge in [-0.1, -0.05) is 0 Å². The molecule has 1 aromatic rings. The summed E-state index contributed by atoms with van der Waals surface area (Å²) in [5, 5.41) is 3.15. The normalized spacial score (nSPS) is 10.7. The number of anilines is 2. The maximum atomic E-state index is 5.68. The molecule has 1 aromatic heterocycles. The van der Waals surface area contributed by atoms with E-state index in [-0.39, 0.29) is 0 Å². The van der Waals surface area contributed by atoms with Crippen LogP contribution in [-0.2, 0) is 4.74 Å². The van der Waals surface area contributed by atoms with Gasteiger partial charge in [0, 0.05) is 13.1 Å². The molecule has 0 fully saturated rings. The quantitative estimate of drug-likeness (QED) is 0.664. The molecular weight excluding hydrogens is 232 g/mol. The standard InChI is InChI=1S/C12H22N4O2/c1-16(2)7-9-18-8-6-14-11-5-4-10(13)12(15-11)17-3/h4-5H,6-9,13H2,1-3H3,(H,14,15). The molecule has 18 heavy (non-hydrogen) atoms. The molecular formula is C12H22N4O2. The third-order valence-corrected chi connectivity index (χ3v) is 2.32. The molecule has 102 valence electrons. The van der Waals surface area contributed by atoms with Gasteiger partial charge in [-0.15, -0.1) is 0 Å². The van der Waals surface area contributed by atoms with Crippen LogP contribution in [0.5, 0.6) is 5.88 Å². The second-order valence-electron chi connectivity index (χ2n) is 4.14. The first-order valence-corrected chi connectivity index (χ1v) is 5.90. The van der Waals surface area contributed by atoms with E-state index in [0.717, 1.165) is 19.0 Å². The minimum atomic E-state index is 0.438. The summed E-state index contributed by atoms with van der Waals surface area (Å²) >= 11 is 0. The molecule has 0 unspecified atom stereocenters. The lowest BCUT2D eigenvalue weighted by atomic mass is 10.4. The molecule has 0 aliphatic heterocycles. The molecule has 0 amide bonds. The molecule has 0 radical (unpaired) electrons. The van der Waals surface area contributed by atoms with Crippen LogP contribution in [0.15, 0.2) is 12.1 Å². The fraction of sp³-hybridized carbons (Fsp3) is 0.583. The van der Waals surface area contributed by atoms with Crippen LogP contribution in [0.4, 0.5) is 11.5 Å². The van der Waals surface area contributed by atoms with Gasteiger partial charge in [0.15, 0.2) is 0 Å². The average molecular weight is 254 g/mol. The number of nitrogens with two attached hydrogens (primary N) is 1. The summed E-state index contributed by atoms with van der Waals surface area (Å²) in [6, 6.07) is 3.58. The highest BCUT2D eigenvalue weighted by atomic mass is 16.5. The summed E-state index contributed by atoms with van der Waals surface area (Å²) in [5.74, 6) is 1.17. The number of hydrogen-bond donors (Lipinski definition) is 2. The molecule has 0 aliphatic rings. The van der Waals surface area contributed by atoms with Gasteiger partial charge in [-0.05, 0) is 26.2 Å². The number of nitrogen functional groups attached to an aromatic ring is 1. The zero-order chi connectivity index (χ0) is 13.4. The highest BCUT2D eigenvalue weighted by Crippen LogP contribution is 2.19. The summed E-state index contributed by atoms with van der Waals surface area (Å²) in [6.07, 6.45) is 0. The number of aromatic nitrogens is 1. The number of methoxy groups -OCH3 is 1. The number of pyridine rings is 1. The maximum Gasteiger partial charge on any atom is 0.238 e. The number of hydrogen-bond acceptors (Lipinski definition) is 6. The Morgan fingerprint density at radius 3 is 2.78 bits per heavy atom. The van der Waals surface area contributed by atoms with Crippen molar-refractivity contribution in [3.63, 3.8) is 0 Å². The number of nitrogens with zero attached hydrogens (tertiary/aromatic N) is 2. The van der Waals surface area contributed by atoms with Crippen LogP contribution in [0.1, 0.15) is 0 Å². The highest BCUT2D eigenvalue weighted by Gasteiger charge is 2.02. The fourth-order valence-electron chi connectivity index (χ4n) is 1.31. The van der Waals surface area contributed by atoms with Gasteiger partial charge in [0.05, 0.1) is 26.0 Å². The highest BCUT2D eigenvalue weighted by molar-refractivity contribution is 5.53. The number of rotatable bonds is 8. The zero-order valence-electron chi connectivity index (χ0n) is 11.3. The second kappa shape index (κ2) is 7.73. The Morgan fingerprint density at radius 2 is 2.11 bits per heavy atom. The molecule has 0 aromatic carbocycles. The molecule has 6 heteroatoms. The van der Waals surface area contributed by atoms with Crippen molar-refractivity contribution in [2.75, 3.05) is 58.6 Å². The van der Waals surface area contributed by atoms with Crippen LogP contribution in [0.2, 0.25) is 0 Å². The van der Waals surface area contributed by atoms with Crippen LogP contribution >= 0.6 is 0 Å². The molecule has 0 bridgehead atoms. The lowest BCUT2D eigenvalue weighted by molar-refractivity contribution is 0.126. The van der Waals surface area contributed by atoms with Crippen molar-refractivity contribution in [2.45, 2.75) is 0 Å². The van der Waals surface area contributed by atoms with Gasteiger partial charge in [-0.25, -0.2) is 0 Å². The first kappa shape index (κ1) is 14.5. The maximum absolute atomic E-state index is 5.68. The smallest absolute Gasteiger partial charge is 0.238 e. The summed E-state index contributed by atoms with van der Waals surface area (Å²) in [5.41, 5.74) is 6.21. The van der Waals surface area contributed by atoms with Crippen LogP contribution < -0.4 is 15.8 Å². The van der Waals surface area contributed by atoms with Crippen molar-refractivity contribution in [2.24, 2.45) is 0 Å². The van der Waals surface area contributed by atoms with Gasteiger partial charge in [-0.2, -0.15) is 4.98 Å². The molecule has 3 N–H and O–H groups in total. The summed E-state index contributed by atoms with van der Waals surface area (Å²) in [4.78, 5) is 6.30. The van der Waals surface area contributed by atoms with Gasteiger partial charge in [0.2, 0.25) is 5.88 Å². The Balaban J connectivity index is 2.23. The van der Waals surface area contributed by atoms with Crippen molar-refractivity contribution in [3.8, 4) is 5.88 Å². The number of likely N-dealkylation sites (N-methyl/N-ethyl adjacent to an activating group) is 1. The first-order chi connectivity index (χ1) is 8.63. The minimum Gasteiger partial charge on any atom is -0.479 e. The molecule has 0 atom stereocenters. The average Bonchev–Trinajstić information content (AvgIpc) is 2.35. The fourth-order valence-corrected chi connectivity index (χ4v) is 1.31. The van der Waals surface area contributed by atoms with Crippen molar-refractivity contribution in [3.05, 3.63) is 12.1 Å². The Kier molecular flexibility index (Phi) is 6.24. The monoisotopic (exact) mass is 254 g/mol. The van der Waals surface area contributed by atoms with E-state index in [1.807, 2.05) is 20.2 Å². The predicted octanol–water partition coefficient (Wildman–Crippen LogP) is 0.663. The Morgan fingerprint density at radius 1 is 1.33 bits per heavy atom. The second-order valence-corrected chi connectivity index (χ2v) is 4.14. The molecule has 6 nitrogen and oxygen atoms in total. The first-order valence-electron chi connectivity index (χ1n) is 5.90. The van der Waals surface area contributed by atoms with Crippen LogP contribution in [-0.4, -0.2) is 57.4 Å².